The highest BCUT2D eigenvalue weighted by Gasteiger charge is 2.27. The van der Waals surface area contributed by atoms with Crippen molar-refractivity contribution >= 4 is 11.8 Å². The highest BCUT2D eigenvalue weighted by atomic mass is 16.5. The molecule has 2 aromatic rings. The number of piperidine rings is 1. The molecule has 1 aromatic carbocycles. The molecular formula is C19H23N3O3. The Morgan fingerprint density at radius 3 is 2.60 bits per heavy atom. The Morgan fingerprint density at radius 2 is 1.96 bits per heavy atom. The second-order valence-corrected chi connectivity index (χ2v) is 6.40. The summed E-state index contributed by atoms with van der Waals surface area (Å²) in [5.41, 5.74) is 1.55. The number of likely N-dealkylation sites (tertiary alicyclic amines) is 1. The van der Waals surface area contributed by atoms with Gasteiger partial charge >= 0.3 is 0 Å². The van der Waals surface area contributed by atoms with Crippen LogP contribution in [0.15, 0.2) is 40.9 Å². The Hall–Kier alpha value is -2.63. The van der Waals surface area contributed by atoms with Crippen LogP contribution in [0.2, 0.25) is 0 Å². The number of hydrogen-bond donors (Lipinski definition) is 1. The Labute approximate surface area is 147 Å². The summed E-state index contributed by atoms with van der Waals surface area (Å²) >= 11 is 0. The SMILES string of the molecule is Cc1cc(CCNC(=O)C2CCN(C(=O)c3ccccc3)CC2)no1. The van der Waals surface area contributed by atoms with Crippen LogP contribution in [-0.2, 0) is 11.2 Å². The lowest BCUT2D eigenvalue weighted by Crippen LogP contribution is -2.43. The van der Waals surface area contributed by atoms with Crippen molar-refractivity contribution < 1.29 is 14.1 Å². The van der Waals surface area contributed by atoms with Gasteiger partial charge in [-0.05, 0) is 31.9 Å². The summed E-state index contributed by atoms with van der Waals surface area (Å²) in [6.07, 6.45) is 2.06. The zero-order valence-electron chi connectivity index (χ0n) is 14.4. The van der Waals surface area contributed by atoms with E-state index < -0.39 is 0 Å². The van der Waals surface area contributed by atoms with Crippen LogP contribution in [0.1, 0.15) is 34.7 Å². The summed E-state index contributed by atoms with van der Waals surface area (Å²) < 4.78 is 5.01. The normalized spacial score (nSPS) is 15.2. The fraction of sp³-hybridized carbons (Fsp3) is 0.421. The minimum absolute atomic E-state index is 0.0288. The summed E-state index contributed by atoms with van der Waals surface area (Å²) in [7, 11) is 0. The van der Waals surface area contributed by atoms with Crippen molar-refractivity contribution in [3.8, 4) is 0 Å². The molecule has 0 saturated carbocycles. The zero-order chi connectivity index (χ0) is 17.6. The smallest absolute Gasteiger partial charge is 0.253 e. The number of amides is 2. The van der Waals surface area contributed by atoms with E-state index in [0.717, 1.165) is 11.5 Å². The molecule has 0 unspecified atom stereocenters. The molecular weight excluding hydrogens is 318 g/mol. The molecule has 1 N–H and O–H groups in total. The number of aromatic nitrogens is 1. The predicted octanol–water partition coefficient (Wildman–Crippen LogP) is 2.19. The average molecular weight is 341 g/mol. The largest absolute Gasteiger partial charge is 0.361 e. The van der Waals surface area contributed by atoms with Crippen LogP contribution in [0, 0.1) is 12.8 Å². The number of carbonyl (C=O) groups is 2. The molecule has 6 heteroatoms. The van der Waals surface area contributed by atoms with Crippen LogP contribution in [0.4, 0.5) is 0 Å². The van der Waals surface area contributed by atoms with E-state index in [-0.39, 0.29) is 17.7 Å². The van der Waals surface area contributed by atoms with Crippen molar-refractivity contribution in [1.82, 2.24) is 15.4 Å². The van der Waals surface area contributed by atoms with Crippen LogP contribution in [0.25, 0.3) is 0 Å². The molecule has 0 bridgehead atoms. The minimum atomic E-state index is -0.0288. The maximum atomic E-state index is 12.4. The van der Waals surface area contributed by atoms with Crippen LogP contribution in [-0.4, -0.2) is 41.5 Å². The maximum absolute atomic E-state index is 12.4. The molecule has 0 radical (unpaired) electrons. The van der Waals surface area contributed by atoms with E-state index in [1.165, 1.54) is 0 Å². The summed E-state index contributed by atoms with van der Waals surface area (Å²) in [6, 6.07) is 11.2. The molecule has 0 spiro atoms. The first kappa shape index (κ1) is 17.2. The van der Waals surface area contributed by atoms with Crippen molar-refractivity contribution in [3.63, 3.8) is 0 Å². The van der Waals surface area contributed by atoms with Gasteiger partial charge in [0.25, 0.3) is 5.91 Å². The summed E-state index contributed by atoms with van der Waals surface area (Å²) in [5, 5.41) is 6.87. The van der Waals surface area contributed by atoms with E-state index in [2.05, 4.69) is 10.5 Å². The van der Waals surface area contributed by atoms with Gasteiger partial charge in [-0.15, -0.1) is 0 Å². The van der Waals surface area contributed by atoms with E-state index in [9.17, 15) is 9.59 Å². The molecule has 0 atom stereocenters. The number of aryl methyl sites for hydroxylation is 1. The summed E-state index contributed by atoms with van der Waals surface area (Å²) in [6.45, 7) is 3.64. The van der Waals surface area contributed by atoms with Gasteiger partial charge < -0.3 is 14.7 Å². The monoisotopic (exact) mass is 341 g/mol. The lowest BCUT2D eigenvalue weighted by molar-refractivity contribution is -0.126. The fourth-order valence-electron chi connectivity index (χ4n) is 3.10. The first-order chi connectivity index (χ1) is 12.1. The number of benzene rings is 1. The third-order valence-corrected chi connectivity index (χ3v) is 4.53. The second-order valence-electron chi connectivity index (χ2n) is 6.40. The number of nitrogens with zero attached hydrogens (tertiary/aromatic N) is 2. The second kappa shape index (κ2) is 7.96. The predicted molar refractivity (Wildman–Crippen MR) is 93.0 cm³/mol. The lowest BCUT2D eigenvalue weighted by atomic mass is 9.95. The number of carbonyl (C=O) groups excluding carboxylic acids is 2. The Kier molecular flexibility index (Phi) is 5.48. The first-order valence-corrected chi connectivity index (χ1v) is 8.67. The lowest BCUT2D eigenvalue weighted by Gasteiger charge is -2.31. The third-order valence-electron chi connectivity index (χ3n) is 4.53. The number of rotatable bonds is 5. The van der Waals surface area contributed by atoms with E-state index in [4.69, 9.17) is 4.52 Å². The number of nitrogens with one attached hydrogen (secondary N) is 1. The highest BCUT2D eigenvalue weighted by Crippen LogP contribution is 2.19. The Bertz CT molecular complexity index is 719. The quantitative estimate of drug-likeness (QED) is 0.904. The molecule has 1 aromatic heterocycles. The average Bonchev–Trinajstić information content (AvgIpc) is 3.07. The van der Waals surface area contributed by atoms with Crippen molar-refractivity contribution in [2.24, 2.45) is 5.92 Å². The van der Waals surface area contributed by atoms with Crippen molar-refractivity contribution in [1.29, 1.82) is 0 Å². The topological polar surface area (TPSA) is 75.4 Å². The molecule has 1 saturated heterocycles. The summed E-state index contributed by atoms with van der Waals surface area (Å²) in [5.74, 6) is 0.850. The van der Waals surface area contributed by atoms with Gasteiger partial charge in [-0.25, -0.2) is 0 Å². The van der Waals surface area contributed by atoms with E-state index in [0.29, 0.717) is 44.5 Å². The van der Waals surface area contributed by atoms with Gasteiger partial charge in [0.05, 0.1) is 5.69 Å². The van der Waals surface area contributed by atoms with E-state index in [1.54, 1.807) is 0 Å². The molecule has 25 heavy (non-hydrogen) atoms. The molecule has 1 aliphatic rings. The van der Waals surface area contributed by atoms with Gasteiger partial charge in [-0.2, -0.15) is 0 Å². The van der Waals surface area contributed by atoms with Gasteiger partial charge in [0.1, 0.15) is 5.76 Å². The van der Waals surface area contributed by atoms with Crippen LogP contribution >= 0.6 is 0 Å². The van der Waals surface area contributed by atoms with Crippen molar-refractivity contribution in [2.45, 2.75) is 26.2 Å². The Balaban J connectivity index is 1.42. The van der Waals surface area contributed by atoms with Crippen LogP contribution in [0.3, 0.4) is 0 Å². The number of hydrogen-bond acceptors (Lipinski definition) is 4. The highest BCUT2D eigenvalue weighted by molar-refractivity contribution is 5.94. The standard InChI is InChI=1S/C19H23N3O3/c1-14-13-17(21-25-14)7-10-20-18(23)15-8-11-22(12-9-15)19(24)16-5-3-2-4-6-16/h2-6,13,15H,7-12H2,1H3,(H,20,23). The first-order valence-electron chi connectivity index (χ1n) is 8.67. The molecule has 2 heterocycles. The van der Waals surface area contributed by atoms with Gasteiger partial charge in [0, 0.05) is 43.6 Å². The van der Waals surface area contributed by atoms with Crippen molar-refractivity contribution in [2.75, 3.05) is 19.6 Å². The molecule has 1 fully saturated rings. The van der Waals surface area contributed by atoms with E-state index >= 15 is 0 Å². The molecule has 132 valence electrons. The fourth-order valence-corrected chi connectivity index (χ4v) is 3.10. The minimum Gasteiger partial charge on any atom is -0.361 e. The van der Waals surface area contributed by atoms with Gasteiger partial charge in [-0.1, -0.05) is 23.4 Å². The van der Waals surface area contributed by atoms with Gasteiger partial charge in [0.15, 0.2) is 0 Å². The molecule has 0 aliphatic carbocycles. The Morgan fingerprint density at radius 1 is 1.24 bits per heavy atom. The van der Waals surface area contributed by atoms with Crippen molar-refractivity contribution in [3.05, 3.63) is 53.4 Å². The molecule has 3 rings (SSSR count). The molecule has 2 amide bonds. The third kappa shape index (κ3) is 4.47. The van der Waals surface area contributed by atoms with Crippen LogP contribution < -0.4 is 5.32 Å². The van der Waals surface area contributed by atoms with Gasteiger partial charge in [0.2, 0.25) is 5.91 Å². The zero-order valence-corrected chi connectivity index (χ0v) is 14.4. The van der Waals surface area contributed by atoms with Gasteiger partial charge in [-0.3, -0.25) is 9.59 Å². The molecule has 6 nitrogen and oxygen atoms in total. The molecule has 1 aliphatic heterocycles. The van der Waals surface area contributed by atoms with E-state index in [1.807, 2.05) is 48.2 Å². The maximum Gasteiger partial charge on any atom is 0.253 e. The van der Waals surface area contributed by atoms with Crippen LogP contribution in [0.5, 0.6) is 0 Å². The summed E-state index contributed by atoms with van der Waals surface area (Å²) in [4.78, 5) is 26.5.